The topological polar surface area (TPSA) is 62.5 Å². The third kappa shape index (κ3) is 3.43. The van der Waals surface area contributed by atoms with E-state index < -0.39 is 5.43 Å². The fourth-order valence-corrected chi connectivity index (χ4v) is 2.38. The van der Waals surface area contributed by atoms with Gasteiger partial charge in [-0.3, -0.25) is 4.79 Å². The summed E-state index contributed by atoms with van der Waals surface area (Å²) >= 11 is 0. The number of hydrogen-bond donors (Lipinski definition) is 2. The molecule has 4 heteroatoms. The fraction of sp³-hybridized carbons (Fsp3) is 0.105. The Morgan fingerprint density at radius 1 is 1.00 bits per heavy atom. The van der Waals surface area contributed by atoms with Gasteiger partial charge in [0.2, 0.25) is 11.2 Å². The van der Waals surface area contributed by atoms with Crippen molar-refractivity contribution in [2.24, 2.45) is 0 Å². The van der Waals surface area contributed by atoms with E-state index in [2.05, 4.69) is 17.4 Å². The predicted molar refractivity (Wildman–Crippen MR) is 90.6 cm³/mol. The summed E-state index contributed by atoms with van der Waals surface area (Å²) in [5, 5.41) is 12.9. The van der Waals surface area contributed by atoms with E-state index in [1.807, 2.05) is 42.5 Å². The van der Waals surface area contributed by atoms with Crippen LogP contribution in [0.25, 0.3) is 11.1 Å². The van der Waals surface area contributed by atoms with Crippen LogP contribution in [0.2, 0.25) is 0 Å². The zero-order chi connectivity index (χ0) is 16.2. The molecule has 2 N–H and O–H groups in total. The normalized spacial score (nSPS) is 10.5. The number of nitrogens with one attached hydrogen (secondary N) is 1. The molecule has 0 unspecified atom stereocenters. The molecule has 1 aromatic heterocycles. The van der Waals surface area contributed by atoms with Crippen LogP contribution in [0, 0.1) is 6.92 Å². The van der Waals surface area contributed by atoms with Crippen molar-refractivity contribution in [1.29, 1.82) is 0 Å². The van der Waals surface area contributed by atoms with Crippen LogP contribution in [-0.4, -0.2) is 5.11 Å². The SMILES string of the molecule is Cc1cc(=O)c(O)c(CNc2ccc(-c3ccccc3)cc2)o1. The number of aryl methyl sites for hydroxylation is 1. The molecule has 2 aromatic carbocycles. The number of aromatic hydroxyl groups is 1. The highest BCUT2D eigenvalue weighted by Gasteiger charge is 2.09. The summed E-state index contributed by atoms with van der Waals surface area (Å²) in [4.78, 5) is 11.5. The Balaban J connectivity index is 1.74. The Morgan fingerprint density at radius 2 is 1.65 bits per heavy atom. The van der Waals surface area contributed by atoms with Crippen molar-refractivity contribution in [2.45, 2.75) is 13.5 Å². The molecule has 1 heterocycles. The van der Waals surface area contributed by atoms with Gasteiger partial charge in [0.15, 0.2) is 5.76 Å². The van der Waals surface area contributed by atoms with Gasteiger partial charge >= 0.3 is 0 Å². The highest BCUT2D eigenvalue weighted by Crippen LogP contribution is 2.22. The van der Waals surface area contributed by atoms with E-state index in [1.165, 1.54) is 6.07 Å². The van der Waals surface area contributed by atoms with Gasteiger partial charge in [0.1, 0.15) is 5.76 Å². The molecule has 0 fully saturated rings. The molecule has 0 aliphatic carbocycles. The van der Waals surface area contributed by atoms with Gasteiger partial charge < -0.3 is 14.8 Å². The highest BCUT2D eigenvalue weighted by molar-refractivity contribution is 5.65. The van der Waals surface area contributed by atoms with Gasteiger partial charge in [0, 0.05) is 11.8 Å². The molecule has 0 atom stereocenters. The lowest BCUT2D eigenvalue weighted by molar-refractivity contribution is 0.392. The van der Waals surface area contributed by atoms with Crippen LogP contribution in [0.4, 0.5) is 5.69 Å². The van der Waals surface area contributed by atoms with E-state index >= 15 is 0 Å². The average Bonchev–Trinajstić information content (AvgIpc) is 2.58. The smallest absolute Gasteiger partial charge is 0.227 e. The van der Waals surface area contributed by atoms with Gasteiger partial charge in [-0.2, -0.15) is 0 Å². The maximum atomic E-state index is 11.5. The van der Waals surface area contributed by atoms with Crippen LogP contribution in [0.1, 0.15) is 11.5 Å². The van der Waals surface area contributed by atoms with E-state index in [0.717, 1.165) is 16.8 Å². The van der Waals surface area contributed by atoms with Crippen LogP contribution >= 0.6 is 0 Å². The van der Waals surface area contributed by atoms with Gasteiger partial charge in [-0.25, -0.2) is 0 Å². The molecule has 4 nitrogen and oxygen atoms in total. The first-order valence-corrected chi connectivity index (χ1v) is 7.35. The lowest BCUT2D eigenvalue weighted by Gasteiger charge is -2.09. The van der Waals surface area contributed by atoms with Crippen molar-refractivity contribution in [3.8, 4) is 16.9 Å². The largest absolute Gasteiger partial charge is 0.502 e. The van der Waals surface area contributed by atoms with E-state index in [9.17, 15) is 9.90 Å². The van der Waals surface area contributed by atoms with Gasteiger partial charge in [0.05, 0.1) is 6.54 Å². The van der Waals surface area contributed by atoms with Crippen molar-refractivity contribution >= 4 is 5.69 Å². The summed E-state index contributed by atoms with van der Waals surface area (Å²) in [5.41, 5.74) is 2.74. The molecule has 0 amide bonds. The maximum absolute atomic E-state index is 11.5. The van der Waals surface area contributed by atoms with Crippen molar-refractivity contribution in [3.63, 3.8) is 0 Å². The van der Waals surface area contributed by atoms with Crippen LogP contribution in [0.3, 0.4) is 0 Å². The highest BCUT2D eigenvalue weighted by atomic mass is 16.4. The zero-order valence-electron chi connectivity index (χ0n) is 12.7. The molecule has 0 spiro atoms. The monoisotopic (exact) mass is 307 g/mol. The third-order valence-corrected chi connectivity index (χ3v) is 3.56. The van der Waals surface area contributed by atoms with Gasteiger partial charge in [-0.05, 0) is 30.2 Å². The maximum Gasteiger partial charge on any atom is 0.227 e. The summed E-state index contributed by atoms with van der Waals surface area (Å²) in [6.07, 6.45) is 0. The lowest BCUT2D eigenvalue weighted by atomic mass is 10.1. The van der Waals surface area contributed by atoms with Crippen molar-refractivity contribution < 1.29 is 9.52 Å². The number of benzene rings is 2. The summed E-state index contributed by atoms with van der Waals surface area (Å²) in [5.74, 6) is 0.371. The van der Waals surface area contributed by atoms with Gasteiger partial charge in [0.25, 0.3) is 0 Å². The molecule has 0 radical (unpaired) electrons. The molecular formula is C19H17NO3. The van der Waals surface area contributed by atoms with Crippen molar-refractivity contribution in [3.05, 3.63) is 82.4 Å². The average molecular weight is 307 g/mol. The molecule has 0 saturated carbocycles. The quantitative estimate of drug-likeness (QED) is 0.766. The van der Waals surface area contributed by atoms with Crippen LogP contribution in [0.5, 0.6) is 5.75 Å². The van der Waals surface area contributed by atoms with Crippen molar-refractivity contribution in [1.82, 2.24) is 0 Å². The first-order valence-electron chi connectivity index (χ1n) is 7.35. The summed E-state index contributed by atoms with van der Waals surface area (Å²) < 4.78 is 5.39. The second kappa shape index (κ2) is 6.40. The molecule has 116 valence electrons. The minimum atomic E-state index is -0.426. The Labute approximate surface area is 134 Å². The summed E-state index contributed by atoms with van der Waals surface area (Å²) in [7, 11) is 0. The minimum absolute atomic E-state index is 0.238. The summed E-state index contributed by atoms with van der Waals surface area (Å²) in [6.45, 7) is 1.92. The zero-order valence-corrected chi connectivity index (χ0v) is 12.7. The van der Waals surface area contributed by atoms with Crippen LogP contribution in [-0.2, 0) is 6.54 Å². The van der Waals surface area contributed by atoms with Gasteiger partial charge in [-0.1, -0.05) is 42.5 Å². The molecule has 23 heavy (non-hydrogen) atoms. The molecule has 0 bridgehead atoms. The molecule has 0 saturated heterocycles. The number of rotatable bonds is 4. The molecule has 3 aromatic rings. The van der Waals surface area contributed by atoms with E-state index in [4.69, 9.17) is 4.42 Å². The van der Waals surface area contributed by atoms with Crippen LogP contribution in [0.15, 0.2) is 69.9 Å². The molecule has 0 aliphatic rings. The minimum Gasteiger partial charge on any atom is -0.502 e. The Hall–Kier alpha value is -3.01. The fourth-order valence-electron chi connectivity index (χ4n) is 2.38. The Bertz CT molecular complexity index is 852. The second-order valence-corrected chi connectivity index (χ2v) is 5.29. The van der Waals surface area contributed by atoms with E-state index in [-0.39, 0.29) is 18.1 Å². The van der Waals surface area contributed by atoms with Crippen LogP contribution < -0.4 is 10.7 Å². The molecular weight excluding hydrogens is 290 g/mol. The van der Waals surface area contributed by atoms with Crippen molar-refractivity contribution in [2.75, 3.05) is 5.32 Å². The Kier molecular flexibility index (Phi) is 4.15. The molecule has 3 rings (SSSR count). The first-order chi connectivity index (χ1) is 11.1. The Morgan fingerprint density at radius 3 is 2.35 bits per heavy atom. The standard InChI is InChI=1S/C19H17NO3/c1-13-11-17(21)19(22)18(23-13)12-20-16-9-7-15(8-10-16)14-5-3-2-4-6-14/h2-11,20,22H,12H2,1H3. The van der Waals surface area contributed by atoms with Gasteiger partial charge in [-0.15, -0.1) is 0 Å². The molecule has 0 aliphatic heterocycles. The summed E-state index contributed by atoms with van der Waals surface area (Å²) in [6, 6.07) is 19.3. The predicted octanol–water partition coefficient (Wildman–Crippen LogP) is 3.93. The second-order valence-electron chi connectivity index (χ2n) is 5.29. The van der Waals surface area contributed by atoms with E-state index in [0.29, 0.717) is 5.76 Å². The number of anilines is 1. The third-order valence-electron chi connectivity index (χ3n) is 3.56. The van der Waals surface area contributed by atoms with E-state index in [1.54, 1.807) is 6.92 Å². The first kappa shape index (κ1) is 14.9. The lowest BCUT2D eigenvalue weighted by Crippen LogP contribution is -2.07. The number of hydrogen-bond acceptors (Lipinski definition) is 4.